The van der Waals surface area contributed by atoms with Gasteiger partial charge >= 0.3 is 18.3 Å². The smallest absolute Gasteiger partial charge is 0.350 e. The third-order valence-electron chi connectivity index (χ3n) is 4.82. The van der Waals surface area contributed by atoms with Gasteiger partial charge in [-0.25, -0.2) is 4.79 Å². The first-order valence-electron chi connectivity index (χ1n) is 8.06. The van der Waals surface area contributed by atoms with Crippen LogP contribution in [0.5, 0.6) is 0 Å². The van der Waals surface area contributed by atoms with E-state index in [1.54, 1.807) is 12.7 Å². The maximum Gasteiger partial charge on any atom is 0.350 e. The monoisotopic (exact) mass is 369 g/mol. The zero-order valence-electron chi connectivity index (χ0n) is 13.9. The van der Waals surface area contributed by atoms with Crippen LogP contribution in [0.1, 0.15) is 13.8 Å². The van der Waals surface area contributed by atoms with Crippen LogP contribution in [0.25, 0.3) is 0 Å². The molecule has 5 unspecified atom stereocenters. The number of fused-ring (bicyclic) bond motifs is 1. The van der Waals surface area contributed by atoms with Gasteiger partial charge in [0.05, 0.1) is 29.2 Å². The molecule has 0 amide bonds. The highest BCUT2D eigenvalue weighted by Gasteiger charge is 2.48. The SMILES string of the molecule is CC(O)C(C(=O)O)C1N=C(C(=O)O)C(SC2Cn3cnc[n+]3C2)C1C. The van der Waals surface area contributed by atoms with Gasteiger partial charge in [0, 0.05) is 0 Å². The highest BCUT2D eigenvalue weighted by molar-refractivity contribution is 8.01. The number of aliphatic hydroxyl groups is 1. The van der Waals surface area contributed by atoms with Gasteiger partial charge in [-0.3, -0.25) is 9.79 Å². The topological polar surface area (TPSA) is 129 Å². The largest absolute Gasteiger partial charge is 0.481 e. The number of aliphatic hydroxyl groups excluding tert-OH is 1. The lowest BCUT2D eigenvalue weighted by atomic mass is 9.86. The van der Waals surface area contributed by atoms with Gasteiger partial charge in [0.1, 0.15) is 18.2 Å². The van der Waals surface area contributed by atoms with Crippen LogP contribution in [-0.4, -0.2) is 65.3 Å². The Hall–Kier alpha value is -1.94. The van der Waals surface area contributed by atoms with Crippen molar-refractivity contribution in [2.45, 2.75) is 49.6 Å². The Morgan fingerprint density at radius 2 is 2.16 bits per heavy atom. The van der Waals surface area contributed by atoms with E-state index in [0.29, 0.717) is 13.1 Å². The Morgan fingerprint density at radius 1 is 1.44 bits per heavy atom. The van der Waals surface area contributed by atoms with Crippen molar-refractivity contribution in [2.75, 3.05) is 0 Å². The molecule has 0 bridgehead atoms. The van der Waals surface area contributed by atoms with Gasteiger partial charge in [0.2, 0.25) is 6.33 Å². The van der Waals surface area contributed by atoms with Crippen molar-refractivity contribution in [3.8, 4) is 0 Å². The lowest BCUT2D eigenvalue weighted by molar-refractivity contribution is -0.758. The summed E-state index contributed by atoms with van der Waals surface area (Å²) in [4.78, 5) is 31.4. The second-order valence-corrected chi connectivity index (χ2v) is 8.02. The fraction of sp³-hybridized carbons (Fsp3) is 0.667. The van der Waals surface area contributed by atoms with Crippen molar-refractivity contribution >= 4 is 29.4 Å². The molecule has 5 atom stereocenters. The molecule has 3 rings (SSSR count). The van der Waals surface area contributed by atoms with E-state index in [4.69, 9.17) is 0 Å². The molecule has 0 aliphatic carbocycles. The third-order valence-corrected chi connectivity index (χ3v) is 6.44. The molecular formula is C15H21N4O5S+. The number of carbonyl (C=O) groups is 2. The van der Waals surface area contributed by atoms with E-state index in [1.165, 1.54) is 18.7 Å². The molecule has 1 aromatic rings. The average molecular weight is 369 g/mol. The first-order valence-corrected chi connectivity index (χ1v) is 9.01. The molecule has 136 valence electrons. The number of hydrogen-bond acceptors (Lipinski definition) is 6. The molecule has 3 heterocycles. The standard InChI is InChI=1S/C15H20N4O5S/c1-7-11(10(8(2)20)14(21)22)17-12(15(23)24)13(7)25-9-3-18-5-16-6-19(18)4-9/h5-11,13,20H,3-4H2,1-2H3,(H-,21,22,23,24)/p+1. The molecule has 0 spiro atoms. The molecule has 0 aromatic carbocycles. The summed E-state index contributed by atoms with van der Waals surface area (Å²) in [6.07, 6.45) is 2.34. The molecule has 10 heteroatoms. The minimum atomic E-state index is -1.16. The summed E-state index contributed by atoms with van der Waals surface area (Å²) in [5.74, 6) is -3.71. The zero-order chi connectivity index (χ0) is 18.3. The predicted molar refractivity (Wildman–Crippen MR) is 88.4 cm³/mol. The number of rotatable bonds is 6. The second-order valence-electron chi connectivity index (χ2n) is 6.58. The third kappa shape index (κ3) is 3.28. The normalized spacial score (nSPS) is 30.6. The van der Waals surface area contributed by atoms with E-state index in [2.05, 4.69) is 9.98 Å². The van der Waals surface area contributed by atoms with Gasteiger partial charge in [-0.2, -0.15) is 9.36 Å². The van der Waals surface area contributed by atoms with Crippen molar-refractivity contribution in [2.24, 2.45) is 16.8 Å². The summed E-state index contributed by atoms with van der Waals surface area (Å²) < 4.78 is 3.92. The lowest BCUT2D eigenvalue weighted by Gasteiger charge is -2.26. The van der Waals surface area contributed by atoms with E-state index in [-0.39, 0.29) is 16.9 Å². The summed E-state index contributed by atoms with van der Waals surface area (Å²) in [5, 5.41) is 28.5. The Balaban J connectivity index is 1.79. The van der Waals surface area contributed by atoms with Crippen molar-refractivity contribution < 1.29 is 29.6 Å². The van der Waals surface area contributed by atoms with Crippen molar-refractivity contribution in [3.05, 3.63) is 12.7 Å². The average Bonchev–Trinajstić information content (AvgIpc) is 3.15. The number of aromatic nitrogens is 3. The minimum absolute atomic E-state index is 0.00546. The van der Waals surface area contributed by atoms with Crippen LogP contribution in [0.4, 0.5) is 0 Å². The number of thioether (sulfide) groups is 1. The number of hydrogen-bond donors (Lipinski definition) is 3. The number of aliphatic carboxylic acids is 2. The fourth-order valence-corrected chi connectivity index (χ4v) is 5.17. The van der Waals surface area contributed by atoms with Gasteiger partial charge in [0.15, 0.2) is 0 Å². The number of aliphatic imine (C=N–C) groups is 1. The molecule has 0 fully saturated rings. The molecular weight excluding hydrogens is 348 g/mol. The highest BCUT2D eigenvalue weighted by atomic mass is 32.2. The molecule has 2 aliphatic rings. The van der Waals surface area contributed by atoms with Crippen LogP contribution in [0.15, 0.2) is 17.6 Å². The van der Waals surface area contributed by atoms with Crippen molar-refractivity contribution in [3.63, 3.8) is 0 Å². The second kappa shape index (κ2) is 6.75. The highest BCUT2D eigenvalue weighted by Crippen LogP contribution is 2.38. The molecule has 2 aliphatic heterocycles. The summed E-state index contributed by atoms with van der Waals surface area (Å²) in [5.41, 5.74) is -0.00546. The van der Waals surface area contributed by atoms with Gasteiger partial charge in [-0.15, -0.1) is 11.8 Å². The summed E-state index contributed by atoms with van der Waals surface area (Å²) in [7, 11) is 0. The number of nitrogens with zero attached hydrogens (tertiary/aromatic N) is 4. The van der Waals surface area contributed by atoms with Gasteiger partial charge in [-0.1, -0.05) is 6.92 Å². The molecule has 0 saturated carbocycles. The molecule has 25 heavy (non-hydrogen) atoms. The molecule has 1 aromatic heterocycles. The predicted octanol–water partition coefficient (Wildman–Crippen LogP) is -0.720. The zero-order valence-corrected chi connectivity index (χ0v) is 14.7. The maximum atomic E-state index is 11.6. The van der Waals surface area contributed by atoms with Gasteiger partial charge < -0.3 is 15.3 Å². The lowest BCUT2D eigenvalue weighted by Crippen LogP contribution is -2.40. The van der Waals surface area contributed by atoms with Crippen LogP contribution >= 0.6 is 11.8 Å². The number of carboxylic acid groups (broad SMARTS) is 2. The Kier molecular flexibility index (Phi) is 4.83. The van der Waals surface area contributed by atoms with E-state index < -0.39 is 35.3 Å². The molecule has 3 N–H and O–H groups in total. The first-order chi connectivity index (χ1) is 11.8. The van der Waals surface area contributed by atoms with Crippen LogP contribution < -0.4 is 4.68 Å². The maximum absolute atomic E-state index is 11.6. The van der Waals surface area contributed by atoms with E-state index in [0.717, 1.165) is 0 Å². The van der Waals surface area contributed by atoms with Crippen LogP contribution in [0.2, 0.25) is 0 Å². The fourth-order valence-electron chi connectivity index (χ4n) is 3.58. The van der Waals surface area contributed by atoms with Crippen LogP contribution in [0, 0.1) is 11.8 Å². The van der Waals surface area contributed by atoms with E-state index in [1.807, 2.05) is 16.3 Å². The Bertz CT molecular complexity index is 698. The van der Waals surface area contributed by atoms with Crippen molar-refractivity contribution in [1.82, 2.24) is 9.67 Å². The Labute approximate surface area is 148 Å². The molecule has 0 saturated heterocycles. The molecule has 9 nitrogen and oxygen atoms in total. The summed E-state index contributed by atoms with van der Waals surface area (Å²) in [6.45, 7) is 4.63. The molecule has 0 radical (unpaired) electrons. The quantitative estimate of drug-likeness (QED) is 0.564. The Morgan fingerprint density at radius 3 is 2.72 bits per heavy atom. The summed E-state index contributed by atoms with van der Waals surface area (Å²) in [6, 6.07) is -0.754. The minimum Gasteiger partial charge on any atom is -0.481 e. The van der Waals surface area contributed by atoms with Crippen molar-refractivity contribution in [1.29, 1.82) is 0 Å². The van der Waals surface area contributed by atoms with E-state index in [9.17, 15) is 24.9 Å². The van der Waals surface area contributed by atoms with Crippen LogP contribution in [0.3, 0.4) is 0 Å². The van der Waals surface area contributed by atoms with Gasteiger partial charge in [0.25, 0.3) is 0 Å². The van der Waals surface area contributed by atoms with Gasteiger partial charge in [-0.05, 0) is 17.8 Å². The summed E-state index contributed by atoms with van der Waals surface area (Å²) >= 11 is 1.51. The number of carboxylic acids is 2. The first kappa shape index (κ1) is 17.9. The van der Waals surface area contributed by atoms with E-state index >= 15 is 0 Å². The van der Waals surface area contributed by atoms with Crippen LogP contribution in [-0.2, 0) is 22.7 Å².